The number of aryl methyl sites for hydroxylation is 2. The van der Waals surface area contributed by atoms with Crippen LogP contribution < -0.4 is 21.9 Å². The van der Waals surface area contributed by atoms with Crippen LogP contribution in [0.25, 0.3) is 0 Å². The van der Waals surface area contributed by atoms with Crippen LogP contribution in [0.15, 0.2) is 71.2 Å². The summed E-state index contributed by atoms with van der Waals surface area (Å²) in [7, 11) is 0. The van der Waals surface area contributed by atoms with Crippen LogP contribution in [0, 0.1) is 13.8 Å². The molecule has 31 heavy (non-hydrogen) atoms. The first kappa shape index (κ1) is 22.5. The van der Waals surface area contributed by atoms with Crippen molar-refractivity contribution >= 4 is 39.1 Å². The number of anilines is 2. The highest BCUT2D eigenvalue weighted by Crippen LogP contribution is 2.33. The van der Waals surface area contributed by atoms with Gasteiger partial charge in [0.15, 0.2) is 5.78 Å². The van der Waals surface area contributed by atoms with Gasteiger partial charge in [-0.3, -0.25) is 10.2 Å². The topological polar surface area (TPSA) is 96.2 Å². The van der Waals surface area contributed by atoms with Gasteiger partial charge < -0.3 is 10.6 Å². The summed E-state index contributed by atoms with van der Waals surface area (Å²) in [5.41, 5.74) is 8.13. The van der Waals surface area contributed by atoms with E-state index in [-0.39, 0.29) is 11.8 Å². The second-order valence-corrected chi connectivity index (χ2v) is 8.25. The summed E-state index contributed by atoms with van der Waals surface area (Å²) in [5.74, 6) is 5.10. The van der Waals surface area contributed by atoms with Gasteiger partial charge in [-0.15, -0.1) is 0 Å². The molecule has 4 rings (SSSR count). The first-order chi connectivity index (χ1) is 14.9. The van der Waals surface area contributed by atoms with Gasteiger partial charge in [0.2, 0.25) is 0 Å². The number of amides is 2. The van der Waals surface area contributed by atoms with E-state index in [1.54, 1.807) is 12.1 Å². The van der Waals surface area contributed by atoms with E-state index >= 15 is 0 Å². The maximum absolute atomic E-state index is 12.2. The summed E-state index contributed by atoms with van der Waals surface area (Å²) in [6, 6.07) is 21.0. The molecule has 0 aromatic heterocycles. The Kier molecular flexibility index (Phi) is 7.44. The second-order valence-electron chi connectivity index (χ2n) is 7.34. The fourth-order valence-electron chi connectivity index (χ4n) is 3.49. The molecule has 1 aliphatic rings. The highest BCUT2D eigenvalue weighted by atomic mass is 79.9. The molecular formula is C24H25BrN4O2. The van der Waals surface area contributed by atoms with Gasteiger partial charge in [-0.05, 0) is 61.4 Å². The quantitative estimate of drug-likeness (QED) is 0.221. The van der Waals surface area contributed by atoms with Gasteiger partial charge >= 0.3 is 6.03 Å². The van der Waals surface area contributed by atoms with Crippen molar-refractivity contribution in [1.82, 2.24) is 5.43 Å². The van der Waals surface area contributed by atoms with E-state index in [0.29, 0.717) is 12.1 Å². The number of Topliss-reactive ketones (excluding diaryl/α,β-unsaturated/α-hetero) is 1. The average Bonchev–Trinajstić information content (AvgIpc) is 2.76. The first-order valence-electron chi connectivity index (χ1n) is 9.86. The molecule has 0 saturated heterocycles. The number of urea groups is 1. The monoisotopic (exact) mass is 480 g/mol. The fourth-order valence-corrected chi connectivity index (χ4v) is 3.76. The lowest BCUT2D eigenvalue weighted by molar-refractivity contribution is 0.0972. The largest absolute Gasteiger partial charge is 0.377 e. The van der Waals surface area contributed by atoms with Gasteiger partial charge in [-0.25, -0.2) is 10.6 Å². The lowest BCUT2D eigenvalue weighted by atomic mass is 9.90. The molecule has 2 amide bonds. The molecule has 0 bridgehead atoms. The number of carbonyl (C=O) groups excluding carboxylic acids is 2. The molecule has 160 valence electrons. The molecule has 3 aromatic rings. The minimum Gasteiger partial charge on any atom is -0.377 e. The molecule has 1 atom stereocenters. The lowest BCUT2D eigenvalue weighted by Crippen LogP contribution is -2.34. The minimum absolute atomic E-state index is 0.0861. The number of nitrogens with two attached hydrogens (primary N) is 1. The predicted molar refractivity (Wildman–Crippen MR) is 128 cm³/mol. The first-order valence-corrected chi connectivity index (χ1v) is 10.7. The number of rotatable bonds is 2. The number of nitrogens with one attached hydrogen (secondary N) is 3. The number of carbonyl (C=O) groups is 2. The van der Waals surface area contributed by atoms with Gasteiger partial charge in [0.25, 0.3) is 0 Å². The van der Waals surface area contributed by atoms with Crippen molar-refractivity contribution in [2.75, 3.05) is 10.6 Å². The third-order valence-corrected chi connectivity index (χ3v) is 5.51. The third kappa shape index (κ3) is 5.93. The van der Waals surface area contributed by atoms with E-state index < -0.39 is 6.03 Å². The zero-order valence-corrected chi connectivity index (χ0v) is 19.0. The Balaban J connectivity index is 0.000000196. The maximum atomic E-state index is 12.2. The molecule has 1 unspecified atom stereocenters. The summed E-state index contributed by atoms with van der Waals surface area (Å²) in [5, 5.41) is 6.01. The molecule has 6 nitrogen and oxygen atoms in total. The fraction of sp³-hybridized carbons (Fsp3) is 0.167. The number of hydrazine groups is 1. The lowest BCUT2D eigenvalue weighted by Gasteiger charge is -2.27. The van der Waals surface area contributed by atoms with Crippen molar-refractivity contribution in [2.24, 2.45) is 5.84 Å². The Hall–Kier alpha value is -3.16. The number of ketones is 1. The SMILES string of the molecule is Cc1ccc(C2CC(=O)c3ccccc3N2)c(C)c1.NNC(=O)Nc1ccc(Br)cc1. The molecule has 0 radical (unpaired) electrons. The number of benzene rings is 3. The number of hydrogen-bond donors (Lipinski definition) is 4. The summed E-state index contributed by atoms with van der Waals surface area (Å²) < 4.78 is 0.959. The van der Waals surface area contributed by atoms with Crippen LogP contribution in [0.4, 0.5) is 16.2 Å². The standard InChI is InChI=1S/C17H17NO.C7H8BrN3O/c1-11-7-8-13(12(2)9-11)16-10-17(19)14-5-3-4-6-15(14)18-16;8-5-1-3-6(4-2-5)10-7(12)11-9/h3-9,16,18H,10H2,1-2H3;1-4H,9H2,(H2,10,11,12). The Bertz CT molecular complexity index is 1080. The zero-order valence-electron chi connectivity index (χ0n) is 17.4. The highest BCUT2D eigenvalue weighted by molar-refractivity contribution is 9.10. The molecule has 1 aliphatic heterocycles. The van der Waals surface area contributed by atoms with Gasteiger partial charge in [0.1, 0.15) is 0 Å². The van der Waals surface area contributed by atoms with E-state index in [1.807, 2.05) is 41.8 Å². The molecular weight excluding hydrogens is 456 g/mol. The molecule has 0 spiro atoms. The Labute approximate surface area is 190 Å². The van der Waals surface area contributed by atoms with Crippen molar-refractivity contribution < 1.29 is 9.59 Å². The third-order valence-electron chi connectivity index (χ3n) is 4.98. The van der Waals surface area contributed by atoms with Crippen LogP contribution in [0.5, 0.6) is 0 Å². The Morgan fingerprint density at radius 2 is 1.77 bits per heavy atom. The summed E-state index contributed by atoms with van der Waals surface area (Å²) in [4.78, 5) is 22.9. The summed E-state index contributed by atoms with van der Waals surface area (Å²) >= 11 is 3.28. The number of para-hydroxylation sites is 1. The summed E-state index contributed by atoms with van der Waals surface area (Å²) in [6.07, 6.45) is 0.529. The highest BCUT2D eigenvalue weighted by Gasteiger charge is 2.25. The molecule has 7 heteroatoms. The summed E-state index contributed by atoms with van der Waals surface area (Å²) in [6.45, 7) is 4.19. The molecule has 1 heterocycles. The van der Waals surface area contributed by atoms with Crippen molar-refractivity contribution in [2.45, 2.75) is 26.3 Å². The molecule has 0 aliphatic carbocycles. The van der Waals surface area contributed by atoms with E-state index in [2.05, 4.69) is 58.6 Å². The second kappa shape index (κ2) is 10.2. The van der Waals surface area contributed by atoms with E-state index in [9.17, 15) is 9.59 Å². The van der Waals surface area contributed by atoms with Crippen LogP contribution >= 0.6 is 15.9 Å². The van der Waals surface area contributed by atoms with Crippen LogP contribution in [0.1, 0.15) is 39.5 Å². The van der Waals surface area contributed by atoms with Crippen LogP contribution in [0.2, 0.25) is 0 Å². The van der Waals surface area contributed by atoms with Crippen LogP contribution in [-0.4, -0.2) is 11.8 Å². The van der Waals surface area contributed by atoms with Gasteiger partial charge in [0, 0.05) is 27.8 Å². The zero-order chi connectivity index (χ0) is 22.4. The van der Waals surface area contributed by atoms with Gasteiger partial charge in [-0.1, -0.05) is 51.8 Å². The molecule has 3 aromatic carbocycles. The van der Waals surface area contributed by atoms with E-state index in [4.69, 9.17) is 5.84 Å². The smallest absolute Gasteiger partial charge is 0.333 e. The van der Waals surface area contributed by atoms with Crippen molar-refractivity contribution in [3.63, 3.8) is 0 Å². The van der Waals surface area contributed by atoms with Crippen LogP contribution in [-0.2, 0) is 0 Å². The molecule has 5 N–H and O–H groups in total. The molecule has 0 fully saturated rings. The number of hydrogen-bond acceptors (Lipinski definition) is 4. The van der Waals surface area contributed by atoms with E-state index in [0.717, 1.165) is 15.7 Å². The van der Waals surface area contributed by atoms with Gasteiger partial charge in [0.05, 0.1) is 6.04 Å². The van der Waals surface area contributed by atoms with E-state index in [1.165, 1.54) is 16.7 Å². The Morgan fingerprint density at radius 1 is 1.06 bits per heavy atom. The van der Waals surface area contributed by atoms with Gasteiger partial charge in [-0.2, -0.15) is 0 Å². The number of halogens is 1. The molecule has 0 saturated carbocycles. The predicted octanol–water partition coefficient (Wildman–Crippen LogP) is 5.49. The Morgan fingerprint density at radius 3 is 2.45 bits per heavy atom. The number of fused-ring (bicyclic) bond motifs is 1. The van der Waals surface area contributed by atoms with Crippen molar-refractivity contribution in [3.05, 3.63) is 93.5 Å². The maximum Gasteiger partial charge on any atom is 0.333 e. The normalized spacial score (nSPS) is 14.5. The minimum atomic E-state index is -0.433. The average molecular weight is 481 g/mol. The van der Waals surface area contributed by atoms with Crippen molar-refractivity contribution in [1.29, 1.82) is 0 Å². The van der Waals surface area contributed by atoms with Crippen molar-refractivity contribution in [3.8, 4) is 0 Å². The van der Waals surface area contributed by atoms with Crippen LogP contribution in [0.3, 0.4) is 0 Å².